The van der Waals surface area contributed by atoms with Crippen LogP contribution in [0.1, 0.15) is 47.0 Å². The number of fused-ring (bicyclic) bond motifs is 1. The molecule has 0 heterocycles. The van der Waals surface area contributed by atoms with Crippen molar-refractivity contribution in [2.24, 2.45) is 11.3 Å². The van der Waals surface area contributed by atoms with Crippen LogP contribution < -0.4 is 0 Å². The van der Waals surface area contributed by atoms with Crippen LogP contribution in [0, 0.1) is 11.3 Å². The van der Waals surface area contributed by atoms with Crippen molar-refractivity contribution in [2.75, 3.05) is 0 Å². The van der Waals surface area contributed by atoms with Gasteiger partial charge in [0.05, 0.1) is 11.0 Å². The highest BCUT2D eigenvalue weighted by atomic mass is 16.4. The van der Waals surface area contributed by atoms with E-state index in [9.17, 15) is 20.1 Å². The Morgan fingerprint density at radius 1 is 1.32 bits per heavy atom. The lowest BCUT2D eigenvalue weighted by Crippen LogP contribution is -2.68. The molecule has 0 bridgehead atoms. The van der Waals surface area contributed by atoms with Crippen LogP contribution in [0.2, 0.25) is 0 Å². The van der Waals surface area contributed by atoms with Crippen molar-refractivity contribution in [2.45, 2.75) is 63.8 Å². The van der Waals surface area contributed by atoms with Gasteiger partial charge in [-0.25, -0.2) is 0 Å². The van der Waals surface area contributed by atoms with E-state index in [-0.39, 0.29) is 18.1 Å². The van der Waals surface area contributed by atoms with Crippen LogP contribution in [0.3, 0.4) is 0 Å². The Bertz CT molecular complexity index is 432. The highest BCUT2D eigenvalue weighted by Crippen LogP contribution is 2.56. The molecule has 4 nitrogen and oxygen atoms in total. The van der Waals surface area contributed by atoms with Crippen LogP contribution in [0.15, 0.2) is 12.2 Å². The summed E-state index contributed by atoms with van der Waals surface area (Å²) in [6.45, 7) is 6.66. The Balaban J connectivity index is 2.48. The van der Waals surface area contributed by atoms with Gasteiger partial charge in [-0.1, -0.05) is 0 Å². The average molecular weight is 268 g/mol. The van der Waals surface area contributed by atoms with E-state index in [1.807, 2.05) is 0 Å². The summed E-state index contributed by atoms with van der Waals surface area (Å²) in [6.07, 6.45) is 4.11. The van der Waals surface area contributed by atoms with E-state index < -0.39 is 22.2 Å². The lowest BCUT2D eigenvalue weighted by atomic mass is 9.50. The summed E-state index contributed by atoms with van der Waals surface area (Å²) in [5, 5.41) is 31.7. The maximum absolute atomic E-state index is 12.2. The van der Waals surface area contributed by atoms with E-state index in [4.69, 9.17) is 0 Å². The highest BCUT2D eigenvalue weighted by molar-refractivity contribution is 5.97. The largest absolute Gasteiger partial charge is 0.390 e. The molecule has 1 saturated carbocycles. The zero-order valence-corrected chi connectivity index (χ0v) is 12.1. The zero-order valence-electron chi connectivity index (χ0n) is 12.1. The first-order valence-electron chi connectivity index (χ1n) is 6.85. The maximum Gasteiger partial charge on any atom is 0.164 e. The zero-order chi connectivity index (χ0) is 14.7. The third-order valence-electron chi connectivity index (χ3n) is 5.39. The Hall–Kier alpha value is -0.710. The number of carbonyl (C=O) groups is 1. The molecular formula is C15H24O4. The van der Waals surface area contributed by atoms with E-state index in [2.05, 4.69) is 0 Å². The first-order chi connectivity index (χ1) is 8.44. The van der Waals surface area contributed by atoms with Crippen LogP contribution in [0.4, 0.5) is 0 Å². The Kier molecular flexibility index (Phi) is 3.02. The predicted molar refractivity (Wildman–Crippen MR) is 71.5 cm³/mol. The monoisotopic (exact) mass is 268 g/mol. The van der Waals surface area contributed by atoms with Gasteiger partial charge < -0.3 is 15.3 Å². The quantitative estimate of drug-likeness (QED) is 0.667. The Labute approximate surface area is 114 Å². The minimum Gasteiger partial charge on any atom is -0.390 e. The van der Waals surface area contributed by atoms with Gasteiger partial charge >= 0.3 is 0 Å². The molecule has 0 aliphatic heterocycles. The van der Waals surface area contributed by atoms with Gasteiger partial charge in [0.2, 0.25) is 0 Å². The van der Waals surface area contributed by atoms with E-state index in [0.29, 0.717) is 12.8 Å². The molecule has 3 N–H and O–H groups in total. The molecule has 1 fully saturated rings. The summed E-state index contributed by atoms with van der Waals surface area (Å²) in [7, 11) is 0. The first kappa shape index (κ1) is 14.7. The maximum atomic E-state index is 12.2. The normalized spacial score (nSPS) is 47.1. The molecule has 0 saturated heterocycles. The summed E-state index contributed by atoms with van der Waals surface area (Å²) in [4.78, 5) is 12.2. The second kappa shape index (κ2) is 3.90. The highest BCUT2D eigenvalue weighted by Gasteiger charge is 2.64. The molecule has 0 aromatic heterocycles. The van der Waals surface area contributed by atoms with Gasteiger partial charge in [0.1, 0.15) is 11.2 Å². The predicted octanol–water partition coefficient (Wildman–Crippen LogP) is 1.18. The fourth-order valence-electron chi connectivity index (χ4n) is 3.61. The van der Waals surface area contributed by atoms with Crippen molar-refractivity contribution in [1.29, 1.82) is 0 Å². The Morgan fingerprint density at radius 3 is 2.42 bits per heavy atom. The standard InChI is InChI=1S/C15H24O4/c1-12(2,17)10-5-7-13(3)11(16)6-8-14(4,18)15(13,19)9-10/h6,8,10,17-19H,5,7,9H2,1-4H3/t10-,13+,14-,15+/m1/s1. The fourth-order valence-corrected chi connectivity index (χ4v) is 3.61. The minimum absolute atomic E-state index is 0.142. The molecule has 2 aliphatic carbocycles. The number of carbonyl (C=O) groups excluding carboxylic acids is 1. The topological polar surface area (TPSA) is 77.8 Å². The summed E-state index contributed by atoms with van der Waals surface area (Å²) in [5.74, 6) is -0.285. The number of hydrogen-bond donors (Lipinski definition) is 3. The number of ketones is 1. The van der Waals surface area contributed by atoms with Gasteiger partial charge in [0.15, 0.2) is 5.78 Å². The smallest absolute Gasteiger partial charge is 0.164 e. The second-order valence-corrected chi connectivity index (χ2v) is 7.13. The van der Waals surface area contributed by atoms with Crippen LogP contribution in [-0.2, 0) is 4.79 Å². The van der Waals surface area contributed by atoms with E-state index in [1.54, 1.807) is 20.8 Å². The van der Waals surface area contributed by atoms with E-state index in [0.717, 1.165) is 0 Å². The van der Waals surface area contributed by atoms with Gasteiger partial charge in [-0.3, -0.25) is 4.79 Å². The number of aliphatic hydroxyl groups is 3. The molecule has 4 atom stereocenters. The van der Waals surface area contributed by atoms with Crippen molar-refractivity contribution in [1.82, 2.24) is 0 Å². The van der Waals surface area contributed by atoms with Crippen LogP contribution in [0.25, 0.3) is 0 Å². The van der Waals surface area contributed by atoms with Gasteiger partial charge in [-0.2, -0.15) is 0 Å². The van der Waals surface area contributed by atoms with Crippen LogP contribution in [0.5, 0.6) is 0 Å². The molecule has 0 unspecified atom stereocenters. The molecule has 4 heteroatoms. The van der Waals surface area contributed by atoms with Crippen molar-refractivity contribution < 1.29 is 20.1 Å². The lowest BCUT2D eigenvalue weighted by Gasteiger charge is -2.58. The first-order valence-corrected chi connectivity index (χ1v) is 6.85. The summed E-state index contributed by atoms with van der Waals surface area (Å²) < 4.78 is 0. The molecular weight excluding hydrogens is 244 g/mol. The van der Waals surface area contributed by atoms with Gasteiger partial charge in [-0.05, 0) is 65.0 Å². The molecule has 0 radical (unpaired) electrons. The minimum atomic E-state index is -1.53. The summed E-state index contributed by atoms with van der Waals surface area (Å²) in [5.41, 5.74) is -4.90. The summed E-state index contributed by atoms with van der Waals surface area (Å²) >= 11 is 0. The van der Waals surface area contributed by atoms with Crippen molar-refractivity contribution in [3.05, 3.63) is 12.2 Å². The van der Waals surface area contributed by atoms with Gasteiger partial charge in [0, 0.05) is 0 Å². The third-order valence-corrected chi connectivity index (χ3v) is 5.39. The molecule has 2 rings (SSSR count). The third kappa shape index (κ3) is 1.89. The fraction of sp³-hybridized carbons (Fsp3) is 0.800. The summed E-state index contributed by atoms with van der Waals surface area (Å²) in [6, 6.07) is 0. The SMILES string of the molecule is CC(C)(O)[C@@H]1CC[C@@]2(C)C(=O)C=C[C@@](C)(O)[C@]2(O)C1. The molecule has 0 spiro atoms. The van der Waals surface area contributed by atoms with Crippen molar-refractivity contribution in [3.8, 4) is 0 Å². The molecule has 2 aliphatic rings. The van der Waals surface area contributed by atoms with Crippen molar-refractivity contribution in [3.63, 3.8) is 0 Å². The Morgan fingerprint density at radius 2 is 1.89 bits per heavy atom. The van der Waals surface area contributed by atoms with Crippen LogP contribution >= 0.6 is 0 Å². The van der Waals surface area contributed by atoms with Gasteiger partial charge in [0.25, 0.3) is 0 Å². The molecule has 108 valence electrons. The number of rotatable bonds is 1. The number of hydrogen-bond acceptors (Lipinski definition) is 4. The number of allylic oxidation sites excluding steroid dienone is 1. The lowest BCUT2D eigenvalue weighted by molar-refractivity contribution is -0.223. The second-order valence-electron chi connectivity index (χ2n) is 7.13. The van der Waals surface area contributed by atoms with Gasteiger partial charge in [-0.15, -0.1) is 0 Å². The molecule has 0 aromatic carbocycles. The molecule has 0 aromatic rings. The van der Waals surface area contributed by atoms with E-state index >= 15 is 0 Å². The molecule has 0 amide bonds. The molecule has 19 heavy (non-hydrogen) atoms. The van der Waals surface area contributed by atoms with E-state index in [1.165, 1.54) is 19.1 Å². The van der Waals surface area contributed by atoms with Crippen LogP contribution in [-0.4, -0.2) is 37.9 Å². The average Bonchev–Trinajstić information content (AvgIpc) is 2.26. The van der Waals surface area contributed by atoms with Crippen molar-refractivity contribution >= 4 is 5.78 Å².